The molecule has 0 amide bonds. The number of rotatable bonds is 3. The summed E-state index contributed by atoms with van der Waals surface area (Å²) in [7, 11) is 0. The van der Waals surface area contributed by atoms with Crippen LogP contribution >= 0.6 is 0 Å². The molecule has 96 valence electrons. The van der Waals surface area contributed by atoms with Crippen molar-refractivity contribution in [1.82, 2.24) is 0 Å². The smallest absolute Gasteiger partial charge is 0.235 e. The van der Waals surface area contributed by atoms with Crippen molar-refractivity contribution in [2.75, 3.05) is 13.2 Å². The molecule has 1 heterocycles. The van der Waals surface area contributed by atoms with E-state index >= 15 is 0 Å². The second kappa shape index (κ2) is 4.78. The van der Waals surface area contributed by atoms with Crippen LogP contribution in [-0.4, -0.2) is 19.3 Å². The van der Waals surface area contributed by atoms with E-state index in [2.05, 4.69) is 4.99 Å². The van der Waals surface area contributed by atoms with Crippen LogP contribution in [-0.2, 0) is 17.0 Å². The summed E-state index contributed by atoms with van der Waals surface area (Å²) < 4.78 is 24.9. The lowest BCUT2D eigenvalue weighted by Crippen LogP contribution is -2.18. The number of hydrogen-bond donors (Lipinski definition) is 0. The minimum Gasteiger partial charge on any atom is -0.486 e. The monoisotopic (exact) mass is 251 g/mol. The van der Waals surface area contributed by atoms with Crippen molar-refractivity contribution >= 4 is 6.08 Å². The van der Waals surface area contributed by atoms with E-state index in [1.165, 1.54) is 19.9 Å². The first-order valence-corrected chi connectivity index (χ1v) is 5.68. The molecule has 0 aliphatic carbocycles. The van der Waals surface area contributed by atoms with Crippen LogP contribution in [0.5, 0.6) is 11.5 Å². The molecule has 0 saturated heterocycles. The molecule has 1 aromatic carbocycles. The van der Waals surface area contributed by atoms with Crippen LogP contribution in [0.1, 0.15) is 25.0 Å². The van der Waals surface area contributed by atoms with E-state index in [1.54, 1.807) is 12.1 Å². The Bertz CT molecular complexity index is 502. The Morgan fingerprint density at radius 3 is 2.78 bits per heavy atom. The molecule has 0 saturated carbocycles. The topological polar surface area (TPSA) is 47.9 Å². The Labute approximate surface area is 104 Å². The van der Waals surface area contributed by atoms with E-state index in [4.69, 9.17) is 9.47 Å². The third-order valence-electron chi connectivity index (χ3n) is 2.72. The zero-order chi connectivity index (χ0) is 13.2. The van der Waals surface area contributed by atoms with Crippen molar-refractivity contribution < 1.29 is 18.7 Å². The molecule has 1 aliphatic heterocycles. The lowest BCUT2D eigenvalue weighted by Gasteiger charge is -2.24. The Morgan fingerprint density at radius 2 is 2.11 bits per heavy atom. The summed E-state index contributed by atoms with van der Waals surface area (Å²) in [6.45, 7) is 3.90. The highest BCUT2D eigenvalue weighted by atomic mass is 19.1. The Balaban J connectivity index is 2.50. The van der Waals surface area contributed by atoms with E-state index in [1.807, 2.05) is 0 Å². The van der Waals surface area contributed by atoms with Crippen molar-refractivity contribution in [3.8, 4) is 11.5 Å². The lowest BCUT2D eigenvalue weighted by atomic mass is 9.96. The summed E-state index contributed by atoms with van der Waals surface area (Å²) in [5, 5.41) is 0. The van der Waals surface area contributed by atoms with Gasteiger partial charge in [-0.05, 0) is 31.5 Å². The van der Waals surface area contributed by atoms with Crippen LogP contribution in [0.4, 0.5) is 4.39 Å². The normalized spacial score (nSPS) is 13.9. The predicted octanol–water partition coefficient (Wildman–Crippen LogP) is 2.50. The molecule has 0 bridgehead atoms. The highest BCUT2D eigenvalue weighted by Crippen LogP contribution is 2.39. The Hall–Kier alpha value is -1.87. The van der Waals surface area contributed by atoms with Gasteiger partial charge in [-0.1, -0.05) is 0 Å². The standard InChI is InChI=1S/C13H14FNO3/c1-13(2,14)10-5-9(7-15-8-16)12-11(6-10)17-3-4-18-12/h5-6H,3-4,7H2,1-2H3. The van der Waals surface area contributed by atoms with Crippen LogP contribution in [0.25, 0.3) is 0 Å². The van der Waals surface area contributed by atoms with Gasteiger partial charge >= 0.3 is 0 Å². The largest absolute Gasteiger partial charge is 0.486 e. The van der Waals surface area contributed by atoms with Crippen molar-refractivity contribution in [1.29, 1.82) is 0 Å². The average molecular weight is 251 g/mol. The number of hydrogen-bond acceptors (Lipinski definition) is 4. The second-order valence-corrected chi connectivity index (χ2v) is 4.54. The van der Waals surface area contributed by atoms with Crippen LogP contribution < -0.4 is 9.47 Å². The van der Waals surface area contributed by atoms with Crippen molar-refractivity contribution in [2.24, 2.45) is 4.99 Å². The third-order valence-corrected chi connectivity index (χ3v) is 2.72. The number of fused-ring (bicyclic) bond motifs is 1. The molecule has 2 rings (SSSR count). The molecular weight excluding hydrogens is 237 g/mol. The molecule has 0 spiro atoms. The van der Waals surface area contributed by atoms with Gasteiger partial charge < -0.3 is 9.47 Å². The van der Waals surface area contributed by atoms with E-state index in [0.717, 1.165) is 0 Å². The maximum absolute atomic E-state index is 14.0. The fraction of sp³-hybridized carbons (Fsp3) is 0.462. The quantitative estimate of drug-likeness (QED) is 0.612. The predicted molar refractivity (Wildman–Crippen MR) is 63.4 cm³/mol. The fourth-order valence-corrected chi connectivity index (χ4v) is 1.80. The highest BCUT2D eigenvalue weighted by molar-refractivity contribution is 5.52. The zero-order valence-electron chi connectivity index (χ0n) is 10.3. The highest BCUT2D eigenvalue weighted by Gasteiger charge is 2.25. The molecule has 0 N–H and O–H groups in total. The molecule has 1 aromatic rings. The number of ether oxygens (including phenoxy) is 2. The zero-order valence-corrected chi connectivity index (χ0v) is 10.3. The van der Waals surface area contributed by atoms with Crippen molar-refractivity contribution in [3.63, 3.8) is 0 Å². The van der Waals surface area contributed by atoms with Gasteiger partial charge in [0.05, 0.1) is 6.54 Å². The first kappa shape index (κ1) is 12.6. The maximum Gasteiger partial charge on any atom is 0.235 e. The van der Waals surface area contributed by atoms with Crippen LogP contribution in [0, 0.1) is 0 Å². The number of aliphatic imine (C=N–C) groups is 1. The van der Waals surface area contributed by atoms with E-state index in [-0.39, 0.29) is 6.54 Å². The summed E-state index contributed by atoms with van der Waals surface area (Å²) in [4.78, 5) is 13.7. The number of carbonyl (C=O) groups excluding carboxylic acids is 1. The summed E-state index contributed by atoms with van der Waals surface area (Å²) in [5.41, 5.74) is -0.380. The summed E-state index contributed by atoms with van der Waals surface area (Å²) in [5.74, 6) is 1.04. The summed E-state index contributed by atoms with van der Waals surface area (Å²) >= 11 is 0. The van der Waals surface area contributed by atoms with Gasteiger partial charge in [0.1, 0.15) is 18.9 Å². The minimum atomic E-state index is -1.49. The van der Waals surface area contributed by atoms with E-state index in [9.17, 15) is 9.18 Å². The van der Waals surface area contributed by atoms with Gasteiger partial charge in [-0.25, -0.2) is 14.2 Å². The van der Waals surface area contributed by atoms with Crippen LogP contribution in [0.15, 0.2) is 17.1 Å². The lowest BCUT2D eigenvalue weighted by molar-refractivity contribution is 0.167. The molecule has 0 radical (unpaired) electrons. The average Bonchev–Trinajstić information content (AvgIpc) is 2.34. The molecule has 4 nitrogen and oxygen atoms in total. The first-order valence-electron chi connectivity index (χ1n) is 5.68. The SMILES string of the molecule is CC(C)(F)c1cc(CN=C=O)c2c(c1)OCCO2. The fourth-order valence-electron chi connectivity index (χ4n) is 1.80. The first-order chi connectivity index (χ1) is 8.52. The van der Waals surface area contributed by atoms with Gasteiger partial charge in [0, 0.05) is 5.56 Å². The van der Waals surface area contributed by atoms with Crippen LogP contribution in [0.3, 0.4) is 0 Å². The molecule has 1 aliphatic rings. The third kappa shape index (κ3) is 2.51. The molecule has 0 aromatic heterocycles. The van der Waals surface area contributed by atoms with Crippen LogP contribution in [0.2, 0.25) is 0 Å². The summed E-state index contributed by atoms with van der Waals surface area (Å²) in [6.07, 6.45) is 1.47. The molecule has 0 unspecified atom stereocenters. The van der Waals surface area contributed by atoms with Gasteiger partial charge in [-0.15, -0.1) is 0 Å². The van der Waals surface area contributed by atoms with E-state index < -0.39 is 5.67 Å². The van der Waals surface area contributed by atoms with Gasteiger partial charge in [-0.2, -0.15) is 0 Å². The number of nitrogens with zero attached hydrogens (tertiary/aromatic N) is 1. The van der Waals surface area contributed by atoms with Crippen molar-refractivity contribution in [3.05, 3.63) is 23.3 Å². The Morgan fingerprint density at radius 1 is 1.39 bits per heavy atom. The number of benzene rings is 1. The van der Waals surface area contributed by atoms with Gasteiger partial charge in [0.2, 0.25) is 6.08 Å². The minimum absolute atomic E-state index is 0.110. The van der Waals surface area contributed by atoms with E-state index in [0.29, 0.717) is 35.8 Å². The number of alkyl halides is 1. The molecule has 18 heavy (non-hydrogen) atoms. The molecule has 0 atom stereocenters. The Kier molecular flexibility index (Phi) is 3.34. The molecular formula is C13H14FNO3. The van der Waals surface area contributed by atoms with Gasteiger partial charge in [-0.3, -0.25) is 0 Å². The number of isocyanates is 1. The molecule has 0 fully saturated rings. The maximum atomic E-state index is 14.0. The number of halogens is 1. The van der Waals surface area contributed by atoms with Crippen molar-refractivity contribution in [2.45, 2.75) is 26.1 Å². The molecule has 5 heteroatoms. The van der Waals surface area contributed by atoms with Gasteiger partial charge in [0.15, 0.2) is 11.5 Å². The van der Waals surface area contributed by atoms with Gasteiger partial charge in [0.25, 0.3) is 0 Å². The summed E-state index contributed by atoms with van der Waals surface area (Å²) in [6, 6.07) is 3.27. The second-order valence-electron chi connectivity index (χ2n) is 4.54.